The Labute approximate surface area is 104 Å². The second kappa shape index (κ2) is 10.9. The first-order valence-electron chi connectivity index (χ1n) is 5.77. The molecule has 0 fully saturated rings. The van der Waals surface area contributed by atoms with Gasteiger partial charge in [0.1, 0.15) is 5.25 Å². The van der Waals surface area contributed by atoms with Crippen molar-refractivity contribution < 1.29 is 23.2 Å². The van der Waals surface area contributed by atoms with Gasteiger partial charge in [0, 0.05) is 6.61 Å². The van der Waals surface area contributed by atoms with Crippen LogP contribution in [0.4, 0.5) is 0 Å². The molecule has 0 amide bonds. The molecule has 7 heteroatoms. The summed E-state index contributed by atoms with van der Waals surface area (Å²) in [5, 5.41) is 15.3. The number of rotatable bonds is 7. The third-order valence-corrected chi connectivity index (χ3v) is 3.64. The zero-order valence-electron chi connectivity index (χ0n) is 10.8. The third kappa shape index (κ3) is 10.7. The average molecular weight is 271 g/mol. The van der Waals surface area contributed by atoms with E-state index >= 15 is 0 Å². The van der Waals surface area contributed by atoms with Crippen LogP contribution in [-0.2, 0) is 10.1 Å². The fourth-order valence-electron chi connectivity index (χ4n) is 1.15. The standard InChI is InChI=1S/C6H15N.C4H10O5S/c1-4-7(5-2)6-3;5-2-1-4(3-6)10(7,8)9/h4-6H2,1-3H3;4-6H,1-3H2,(H,7,8,9). The van der Waals surface area contributed by atoms with Gasteiger partial charge in [0.2, 0.25) is 0 Å². The first kappa shape index (κ1) is 19.1. The fraction of sp³-hybridized carbons (Fsp3) is 1.00. The van der Waals surface area contributed by atoms with Crippen LogP contribution in [0, 0.1) is 0 Å². The SMILES string of the molecule is CCN(CC)CC.O=S(=O)(O)C(CO)CCO. The summed E-state index contributed by atoms with van der Waals surface area (Å²) < 4.78 is 28.8. The van der Waals surface area contributed by atoms with Crippen LogP contribution in [0.1, 0.15) is 27.2 Å². The first-order chi connectivity index (χ1) is 7.87. The van der Waals surface area contributed by atoms with Gasteiger partial charge in [-0.05, 0) is 26.1 Å². The van der Waals surface area contributed by atoms with Gasteiger partial charge in [-0.25, -0.2) is 0 Å². The van der Waals surface area contributed by atoms with E-state index in [4.69, 9.17) is 14.8 Å². The molecule has 6 nitrogen and oxygen atoms in total. The Morgan fingerprint density at radius 2 is 1.47 bits per heavy atom. The van der Waals surface area contributed by atoms with Gasteiger partial charge in [0.05, 0.1) is 6.61 Å². The normalized spacial score (nSPS) is 13.1. The van der Waals surface area contributed by atoms with Crippen molar-refractivity contribution in [3.63, 3.8) is 0 Å². The van der Waals surface area contributed by atoms with Gasteiger partial charge >= 0.3 is 0 Å². The van der Waals surface area contributed by atoms with Crippen molar-refractivity contribution in [2.45, 2.75) is 32.4 Å². The molecule has 0 aliphatic carbocycles. The monoisotopic (exact) mass is 271 g/mol. The molecule has 0 aromatic rings. The molecule has 17 heavy (non-hydrogen) atoms. The highest BCUT2D eigenvalue weighted by Crippen LogP contribution is 2.01. The van der Waals surface area contributed by atoms with Crippen molar-refractivity contribution in [3.05, 3.63) is 0 Å². The van der Waals surface area contributed by atoms with Crippen molar-refractivity contribution in [3.8, 4) is 0 Å². The number of aliphatic hydroxyl groups excluding tert-OH is 2. The molecule has 3 N–H and O–H groups in total. The molecule has 0 saturated heterocycles. The van der Waals surface area contributed by atoms with Crippen LogP contribution in [-0.4, -0.2) is 66.2 Å². The van der Waals surface area contributed by atoms with Crippen molar-refractivity contribution in [1.82, 2.24) is 4.90 Å². The summed E-state index contributed by atoms with van der Waals surface area (Å²) in [7, 11) is -4.19. The van der Waals surface area contributed by atoms with Crippen LogP contribution < -0.4 is 0 Å². The Balaban J connectivity index is 0. The molecule has 0 aliphatic rings. The molecule has 0 bridgehead atoms. The summed E-state index contributed by atoms with van der Waals surface area (Å²) in [4.78, 5) is 2.38. The molecule has 0 rings (SSSR count). The number of nitrogens with zero attached hydrogens (tertiary/aromatic N) is 1. The highest BCUT2D eigenvalue weighted by Gasteiger charge is 2.20. The maximum absolute atomic E-state index is 10.2. The number of aliphatic hydroxyl groups is 2. The minimum atomic E-state index is -4.19. The topological polar surface area (TPSA) is 98.1 Å². The Bertz CT molecular complexity index is 246. The number of hydrogen-bond donors (Lipinski definition) is 3. The average Bonchev–Trinajstić information content (AvgIpc) is 2.27. The second-order valence-electron chi connectivity index (χ2n) is 3.45. The van der Waals surface area contributed by atoms with Crippen molar-refractivity contribution in [1.29, 1.82) is 0 Å². The zero-order chi connectivity index (χ0) is 13.9. The Hall–Kier alpha value is -0.210. The molecule has 0 spiro atoms. The lowest BCUT2D eigenvalue weighted by molar-refractivity contribution is 0.238. The second-order valence-corrected chi connectivity index (χ2v) is 5.15. The maximum Gasteiger partial charge on any atom is 0.270 e. The predicted molar refractivity (Wildman–Crippen MR) is 67.6 cm³/mol. The van der Waals surface area contributed by atoms with Crippen LogP contribution in [0.3, 0.4) is 0 Å². The van der Waals surface area contributed by atoms with E-state index in [1.54, 1.807) is 0 Å². The summed E-state index contributed by atoms with van der Waals surface area (Å²) in [6.45, 7) is 9.09. The molecule has 0 saturated carbocycles. The van der Waals surface area contributed by atoms with Gasteiger partial charge in [-0.3, -0.25) is 4.55 Å². The van der Waals surface area contributed by atoms with E-state index in [0.29, 0.717) is 0 Å². The Morgan fingerprint density at radius 3 is 1.53 bits per heavy atom. The predicted octanol–water partition coefficient (Wildman–Crippen LogP) is -0.0344. The minimum absolute atomic E-state index is 0.144. The van der Waals surface area contributed by atoms with Gasteiger partial charge in [0.25, 0.3) is 10.1 Å². The van der Waals surface area contributed by atoms with E-state index in [-0.39, 0.29) is 13.0 Å². The summed E-state index contributed by atoms with van der Waals surface area (Å²) in [6.07, 6.45) is -0.144. The third-order valence-electron chi connectivity index (χ3n) is 2.42. The summed E-state index contributed by atoms with van der Waals surface area (Å²) in [5.74, 6) is 0. The van der Waals surface area contributed by atoms with E-state index < -0.39 is 22.0 Å². The van der Waals surface area contributed by atoms with E-state index in [1.807, 2.05) is 0 Å². The van der Waals surface area contributed by atoms with E-state index in [2.05, 4.69) is 25.7 Å². The highest BCUT2D eigenvalue weighted by molar-refractivity contribution is 7.86. The zero-order valence-corrected chi connectivity index (χ0v) is 11.7. The molecule has 0 aromatic carbocycles. The quantitative estimate of drug-likeness (QED) is 0.562. The minimum Gasteiger partial charge on any atom is -0.396 e. The van der Waals surface area contributed by atoms with Crippen molar-refractivity contribution in [2.75, 3.05) is 32.8 Å². The van der Waals surface area contributed by atoms with Crippen LogP contribution in [0.2, 0.25) is 0 Å². The number of hydrogen-bond acceptors (Lipinski definition) is 5. The van der Waals surface area contributed by atoms with E-state index in [1.165, 1.54) is 19.6 Å². The van der Waals surface area contributed by atoms with Crippen LogP contribution in [0.25, 0.3) is 0 Å². The lowest BCUT2D eigenvalue weighted by Crippen LogP contribution is -2.25. The van der Waals surface area contributed by atoms with Gasteiger partial charge < -0.3 is 15.1 Å². The molecule has 0 aromatic heterocycles. The van der Waals surface area contributed by atoms with Crippen molar-refractivity contribution >= 4 is 10.1 Å². The molecule has 106 valence electrons. The molecule has 1 atom stereocenters. The fourth-order valence-corrected chi connectivity index (χ4v) is 1.74. The molecule has 0 radical (unpaired) electrons. The van der Waals surface area contributed by atoms with Gasteiger partial charge in [-0.1, -0.05) is 20.8 Å². The van der Waals surface area contributed by atoms with E-state index in [0.717, 1.165) is 0 Å². The van der Waals surface area contributed by atoms with Crippen molar-refractivity contribution in [2.24, 2.45) is 0 Å². The van der Waals surface area contributed by atoms with Gasteiger partial charge in [-0.15, -0.1) is 0 Å². The smallest absolute Gasteiger partial charge is 0.270 e. The lowest BCUT2D eigenvalue weighted by Gasteiger charge is -2.13. The highest BCUT2D eigenvalue weighted by atomic mass is 32.2. The Morgan fingerprint density at radius 1 is 1.06 bits per heavy atom. The molecular weight excluding hydrogens is 246 g/mol. The summed E-state index contributed by atoms with van der Waals surface area (Å²) >= 11 is 0. The largest absolute Gasteiger partial charge is 0.396 e. The molecule has 0 aliphatic heterocycles. The molecule has 0 heterocycles. The lowest BCUT2D eigenvalue weighted by atomic mass is 10.3. The van der Waals surface area contributed by atoms with E-state index in [9.17, 15) is 8.42 Å². The Kier molecular flexibility index (Phi) is 12.3. The molecule has 1 unspecified atom stereocenters. The van der Waals surface area contributed by atoms with Crippen LogP contribution in [0.15, 0.2) is 0 Å². The van der Waals surface area contributed by atoms with Gasteiger partial charge in [0.15, 0.2) is 0 Å². The summed E-state index contributed by atoms with van der Waals surface area (Å²) in [5.41, 5.74) is 0. The summed E-state index contributed by atoms with van der Waals surface area (Å²) in [6, 6.07) is 0. The van der Waals surface area contributed by atoms with Crippen LogP contribution >= 0.6 is 0 Å². The maximum atomic E-state index is 10.2. The molecular formula is C10H25NO5S. The first-order valence-corrected chi connectivity index (χ1v) is 7.27. The van der Waals surface area contributed by atoms with Gasteiger partial charge in [-0.2, -0.15) is 8.42 Å². The van der Waals surface area contributed by atoms with Crippen LogP contribution in [0.5, 0.6) is 0 Å².